The summed E-state index contributed by atoms with van der Waals surface area (Å²) in [7, 11) is -0.765. The Morgan fingerprint density at radius 2 is 1.77 bits per heavy atom. The Morgan fingerprint density at radius 1 is 1.02 bits per heavy atom. The first-order valence-electron chi connectivity index (χ1n) is 19.1. The minimum Gasteiger partial charge on any atom is -0.497 e. The molecule has 286 valence electrons. The Bertz CT molecular complexity index is 2470. The Morgan fingerprint density at radius 3 is 2.50 bits per heavy atom. The van der Waals surface area contributed by atoms with E-state index < -0.39 is 13.7 Å². The number of ether oxygens (including phenoxy) is 2. The van der Waals surface area contributed by atoms with Crippen LogP contribution in [0.15, 0.2) is 127 Å². The molecule has 2 aromatic heterocycles. The molecule has 2 aliphatic rings. The van der Waals surface area contributed by atoms with Crippen molar-refractivity contribution in [3.05, 3.63) is 149 Å². The maximum atomic E-state index is 15.1. The van der Waals surface area contributed by atoms with E-state index in [9.17, 15) is 9.90 Å². The fourth-order valence-corrected chi connectivity index (χ4v) is 13.2. The standard InChI is InChI=1S/C44H46N6O5Si/c1-6-23-49-39-21-16-32(50-42(52)35-15-11-10-14-31(35)26-45-50)25-37(39)44(43(49)53)29(2)41(56(4,5)34-19-17-33(54-3)18-20-34)40(55-44)22-24-48-27-38(46-47-48)36(28-51)30-12-8-7-9-13-30/h6-21,25-27,29,36,40-41,51H,1,22-24,28H2,2-5H3/t29-,36?,40+,41-,44+/m1/s1. The highest BCUT2D eigenvalue weighted by atomic mass is 28.3. The van der Waals surface area contributed by atoms with Crippen LogP contribution in [0.3, 0.4) is 0 Å². The largest absolute Gasteiger partial charge is 0.497 e. The van der Waals surface area contributed by atoms with Gasteiger partial charge in [0, 0.05) is 36.2 Å². The molecule has 2 aliphatic heterocycles. The number of aliphatic hydroxyl groups is 1. The number of aryl methyl sites for hydroxylation is 1. The van der Waals surface area contributed by atoms with Crippen LogP contribution in [0.2, 0.25) is 18.6 Å². The first-order valence-corrected chi connectivity index (χ1v) is 22.1. The van der Waals surface area contributed by atoms with E-state index >= 15 is 4.79 Å². The molecule has 0 bridgehead atoms. The van der Waals surface area contributed by atoms with Crippen molar-refractivity contribution >= 4 is 35.6 Å². The van der Waals surface area contributed by atoms with Gasteiger partial charge in [0.15, 0.2) is 5.60 Å². The molecule has 0 aliphatic carbocycles. The lowest BCUT2D eigenvalue weighted by Crippen LogP contribution is -2.52. The predicted octanol–water partition coefficient (Wildman–Crippen LogP) is 5.95. The van der Waals surface area contributed by atoms with Gasteiger partial charge in [-0.15, -0.1) is 11.7 Å². The smallest absolute Gasteiger partial charge is 0.279 e. The number of nitrogens with zero attached hydrogens (tertiary/aromatic N) is 6. The third-order valence-corrected chi connectivity index (χ3v) is 16.4. The molecule has 4 heterocycles. The summed E-state index contributed by atoms with van der Waals surface area (Å²) in [6.07, 6.45) is 5.54. The van der Waals surface area contributed by atoms with Gasteiger partial charge in [-0.05, 0) is 53.9 Å². The minimum atomic E-state index is -2.43. The second-order valence-corrected chi connectivity index (χ2v) is 20.0. The molecule has 1 spiro atoms. The molecule has 0 radical (unpaired) electrons. The molecule has 0 saturated carbocycles. The van der Waals surface area contributed by atoms with Crippen LogP contribution >= 0.6 is 0 Å². The normalized spacial score (nSPS) is 21.1. The molecule has 5 atom stereocenters. The first kappa shape index (κ1) is 37.2. The molecule has 12 heteroatoms. The molecule has 4 aromatic carbocycles. The highest BCUT2D eigenvalue weighted by Crippen LogP contribution is 2.60. The van der Waals surface area contributed by atoms with E-state index in [1.807, 2.05) is 89.7 Å². The third-order valence-electron chi connectivity index (χ3n) is 12.0. The van der Waals surface area contributed by atoms with Gasteiger partial charge in [-0.1, -0.05) is 97.2 Å². The number of anilines is 1. The summed E-state index contributed by atoms with van der Waals surface area (Å²) in [6.45, 7) is 11.5. The van der Waals surface area contributed by atoms with Crippen LogP contribution in [0.5, 0.6) is 5.75 Å². The second-order valence-electron chi connectivity index (χ2n) is 15.4. The van der Waals surface area contributed by atoms with Crippen LogP contribution < -0.4 is 20.4 Å². The number of rotatable bonds is 12. The lowest BCUT2D eigenvalue weighted by atomic mass is 9.82. The van der Waals surface area contributed by atoms with Crippen molar-refractivity contribution in [2.45, 2.75) is 56.1 Å². The molecule has 1 N–H and O–H groups in total. The van der Waals surface area contributed by atoms with Gasteiger partial charge >= 0.3 is 0 Å². The van der Waals surface area contributed by atoms with Crippen molar-refractivity contribution < 1.29 is 19.4 Å². The quantitative estimate of drug-likeness (QED) is 0.120. The number of benzene rings is 4. The van der Waals surface area contributed by atoms with Crippen molar-refractivity contribution in [3.8, 4) is 11.4 Å². The van der Waals surface area contributed by atoms with E-state index in [0.29, 0.717) is 36.3 Å². The molecule has 6 aromatic rings. The zero-order chi connectivity index (χ0) is 39.2. The van der Waals surface area contributed by atoms with Gasteiger partial charge < -0.3 is 19.5 Å². The molecule has 1 fully saturated rings. The number of hydrogen-bond acceptors (Lipinski definition) is 8. The molecule has 11 nitrogen and oxygen atoms in total. The van der Waals surface area contributed by atoms with Gasteiger partial charge in [-0.2, -0.15) is 9.78 Å². The maximum absolute atomic E-state index is 15.1. The van der Waals surface area contributed by atoms with Crippen molar-refractivity contribution in [2.75, 3.05) is 25.2 Å². The Kier molecular flexibility index (Phi) is 9.81. The average molecular weight is 767 g/mol. The fourth-order valence-electron chi connectivity index (χ4n) is 9.19. The van der Waals surface area contributed by atoms with E-state index in [-0.39, 0.29) is 41.6 Å². The molecular formula is C44H46N6O5Si. The molecule has 1 unspecified atom stereocenters. The van der Waals surface area contributed by atoms with E-state index in [4.69, 9.17) is 9.47 Å². The average Bonchev–Trinajstić information content (AvgIpc) is 3.88. The highest BCUT2D eigenvalue weighted by Gasteiger charge is 2.66. The summed E-state index contributed by atoms with van der Waals surface area (Å²) in [4.78, 5) is 30.6. The van der Waals surface area contributed by atoms with Crippen LogP contribution in [0.25, 0.3) is 16.5 Å². The lowest BCUT2D eigenvalue weighted by Gasteiger charge is -2.37. The van der Waals surface area contributed by atoms with Crippen LogP contribution in [0, 0.1) is 5.92 Å². The van der Waals surface area contributed by atoms with Crippen molar-refractivity contribution in [3.63, 3.8) is 0 Å². The summed E-state index contributed by atoms with van der Waals surface area (Å²) in [6, 6.07) is 31.1. The maximum Gasteiger partial charge on any atom is 0.279 e. The second kappa shape index (κ2) is 14.8. The number of hydrogen-bond donors (Lipinski definition) is 1. The zero-order valence-electron chi connectivity index (χ0n) is 32.1. The molecule has 8 rings (SSSR count). The van der Waals surface area contributed by atoms with Gasteiger partial charge in [-0.3, -0.25) is 14.3 Å². The molecule has 1 amide bonds. The highest BCUT2D eigenvalue weighted by molar-refractivity contribution is 6.91. The Balaban J connectivity index is 1.21. The summed E-state index contributed by atoms with van der Waals surface area (Å²) >= 11 is 0. The zero-order valence-corrected chi connectivity index (χ0v) is 33.1. The van der Waals surface area contributed by atoms with Gasteiger partial charge in [0.25, 0.3) is 11.5 Å². The first-order chi connectivity index (χ1) is 27.1. The van der Waals surface area contributed by atoms with Crippen LogP contribution in [-0.2, 0) is 21.7 Å². The van der Waals surface area contributed by atoms with Gasteiger partial charge in [0.05, 0.1) is 62.5 Å². The third kappa shape index (κ3) is 6.08. The van der Waals surface area contributed by atoms with Gasteiger partial charge in [0.2, 0.25) is 0 Å². The number of fused-ring (bicyclic) bond motifs is 3. The van der Waals surface area contributed by atoms with E-state index in [2.05, 4.69) is 54.1 Å². The van der Waals surface area contributed by atoms with Gasteiger partial charge in [0.1, 0.15) is 5.75 Å². The molecule has 1 saturated heterocycles. The fraction of sp³-hybridized carbons (Fsp3) is 0.295. The number of aromatic nitrogens is 5. The molecule has 56 heavy (non-hydrogen) atoms. The number of amides is 1. The monoisotopic (exact) mass is 766 g/mol. The Labute approximate surface area is 326 Å². The van der Waals surface area contributed by atoms with Crippen LogP contribution in [0.4, 0.5) is 5.69 Å². The SMILES string of the molecule is C=CCN1C(=O)[C@@]2(O[C@@H](CCn3cc(C(CO)c4ccccc4)nn3)[C@H]([Si](C)(C)c3ccc(OC)cc3)[C@H]2C)c2cc(-n3ncc4ccccc4c3=O)ccc21. The van der Waals surface area contributed by atoms with E-state index in [0.717, 1.165) is 28.0 Å². The number of methoxy groups -OCH3 is 1. The van der Waals surface area contributed by atoms with E-state index in [1.165, 1.54) is 9.87 Å². The summed E-state index contributed by atoms with van der Waals surface area (Å²) in [5.74, 6) is 0.0926. The number of carbonyl (C=O) groups is 1. The van der Waals surface area contributed by atoms with Crippen LogP contribution in [-0.4, -0.2) is 70.2 Å². The van der Waals surface area contributed by atoms with Crippen molar-refractivity contribution in [1.82, 2.24) is 24.8 Å². The minimum absolute atomic E-state index is 0.0148. The summed E-state index contributed by atoms with van der Waals surface area (Å²) in [5.41, 5.74) is 2.08. The molecular weight excluding hydrogens is 721 g/mol. The van der Waals surface area contributed by atoms with Gasteiger partial charge in [-0.25, -0.2) is 0 Å². The number of carbonyl (C=O) groups excluding carboxylic acids is 1. The topological polar surface area (TPSA) is 125 Å². The lowest BCUT2D eigenvalue weighted by molar-refractivity contribution is -0.145. The summed E-state index contributed by atoms with van der Waals surface area (Å²) in [5, 5.41) is 26.4. The van der Waals surface area contributed by atoms with Crippen LogP contribution in [0.1, 0.15) is 36.1 Å². The Hall–Kier alpha value is -5.69. The van der Waals surface area contributed by atoms with Crippen molar-refractivity contribution in [2.24, 2.45) is 5.92 Å². The van der Waals surface area contributed by atoms with E-state index in [1.54, 1.807) is 30.3 Å². The summed E-state index contributed by atoms with van der Waals surface area (Å²) < 4.78 is 16.1. The number of aliphatic hydroxyl groups excluding tert-OH is 1. The van der Waals surface area contributed by atoms with Crippen molar-refractivity contribution in [1.29, 1.82) is 0 Å². The predicted molar refractivity (Wildman–Crippen MR) is 219 cm³/mol.